The number of fused-ring (bicyclic) bond motifs is 1. The molecule has 6 nitrogen and oxygen atoms in total. The van der Waals surface area contributed by atoms with E-state index in [2.05, 4.69) is 9.88 Å². The first-order valence-electron chi connectivity index (χ1n) is 9.52. The summed E-state index contributed by atoms with van der Waals surface area (Å²) in [4.78, 5) is 28.4. The molecular weight excluding hydrogens is 354 g/mol. The van der Waals surface area contributed by atoms with Crippen molar-refractivity contribution in [2.45, 2.75) is 39.2 Å². The van der Waals surface area contributed by atoms with Crippen LogP contribution in [0, 0.1) is 0 Å². The molecule has 1 amide bonds. The van der Waals surface area contributed by atoms with Crippen molar-refractivity contribution in [2.24, 2.45) is 0 Å². The fraction of sp³-hybridized carbons (Fsp3) is 0.318. The minimum Gasteiger partial charge on any atom is -0.463 e. The molecule has 1 heterocycles. The van der Waals surface area contributed by atoms with Crippen molar-refractivity contribution < 1.29 is 14.3 Å². The second kappa shape index (κ2) is 9.17. The van der Waals surface area contributed by atoms with E-state index in [9.17, 15) is 9.59 Å². The average molecular weight is 379 g/mol. The van der Waals surface area contributed by atoms with Crippen molar-refractivity contribution in [1.29, 1.82) is 0 Å². The maximum Gasteiger partial charge on any atom is 0.307 e. The van der Waals surface area contributed by atoms with Crippen molar-refractivity contribution in [3.8, 4) is 5.69 Å². The number of hydrogen-bond acceptors (Lipinski definition) is 4. The van der Waals surface area contributed by atoms with Crippen LogP contribution in [0.25, 0.3) is 16.7 Å². The van der Waals surface area contributed by atoms with E-state index >= 15 is 0 Å². The molecule has 0 atom stereocenters. The Bertz CT molecular complexity index is 948. The Labute approximate surface area is 164 Å². The molecule has 0 unspecified atom stereocenters. The van der Waals surface area contributed by atoms with Crippen LogP contribution in [-0.2, 0) is 20.7 Å². The van der Waals surface area contributed by atoms with E-state index < -0.39 is 0 Å². The molecule has 28 heavy (non-hydrogen) atoms. The molecule has 0 saturated heterocycles. The zero-order chi connectivity index (χ0) is 19.9. The van der Waals surface area contributed by atoms with Gasteiger partial charge in [0.05, 0.1) is 23.6 Å². The first kappa shape index (κ1) is 19.6. The monoisotopic (exact) mass is 379 g/mol. The smallest absolute Gasteiger partial charge is 0.307 e. The molecule has 0 aliphatic heterocycles. The van der Waals surface area contributed by atoms with Gasteiger partial charge in [-0.1, -0.05) is 30.3 Å². The second-order valence-corrected chi connectivity index (χ2v) is 6.83. The Kier molecular flexibility index (Phi) is 6.42. The quantitative estimate of drug-likeness (QED) is 0.609. The van der Waals surface area contributed by atoms with Crippen LogP contribution in [0.2, 0.25) is 0 Å². The minimum atomic E-state index is -0.304. The summed E-state index contributed by atoms with van der Waals surface area (Å²) in [7, 11) is 0. The van der Waals surface area contributed by atoms with Crippen LogP contribution in [0.1, 0.15) is 32.5 Å². The third-order valence-corrected chi connectivity index (χ3v) is 4.24. The van der Waals surface area contributed by atoms with E-state index in [1.165, 1.54) is 0 Å². The lowest BCUT2D eigenvalue weighted by atomic mass is 10.2. The molecule has 0 bridgehead atoms. The molecule has 146 valence electrons. The topological polar surface area (TPSA) is 73.2 Å². The summed E-state index contributed by atoms with van der Waals surface area (Å²) < 4.78 is 7.14. The third-order valence-electron chi connectivity index (χ3n) is 4.24. The van der Waals surface area contributed by atoms with Crippen LogP contribution in [0.3, 0.4) is 0 Å². The van der Waals surface area contributed by atoms with E-state index in [0.717, 1.165) is 22.5 Å². The van der Waals surface area contributed by atoms with Gasteiger partial charge in [0, 0.05) is 25.1 Å². The van der Waals surface area contributed by atoms with Crippen LogP contribution in [0.4, 0.5) is 0 Å². The van der Waals surface area contributed by atoms with Crippen LogP contribution in [0.5, 0.6) is 0 Å². The van der Waals surface area contributed by atoms with E-state index in [1.807, 2.05) is 54.6 Å². The summed E-state index contributed by atoms with van der Waals surface area (Å²) in [6.07, 6.45) is 0.836. The molecule has 3 rings (SSSR count). The third kappa shape index (κ3) is 4.97. The fourth-order valence-corrected chi connectivity index (χ4v) is 3.05. The maximum atomic E-state index is 12.2. The SMILES string of the molecule is CC(C)OC(=O)CCNC(=O)CCc1nc2ccccc2n1-c1ccccc1. The Morgan fingerprint density at radius 2 is 1.75 bits per heavy atom. The Balaban J connectivity index is 1.65. The number of esters is 1. The predicted octanol–water partition coefficient (Wildman–Crippen LogP) is 3.42. The van der Waals surface area contributed by atoms with Gasteiger partial charge in [0.2, 0.25) is 5.91 Å². The summed E-state index contributed by atoms with van der Waals surface area (Å²) in [5.41, 5.74) is 2.93. The number of hydrogen-bond donors (Lipinski definition) is 1. The first-order valence-corrected chi connectivity index (χ1v) is 9.52. The number of imidazole rings is 1. The summed E-state index contributed by atoms with van der Waals surface area (Å²) >= 11 is 0. The zero-order valence-corrected chi connectivity index (χ0v) is 16.2. The number of amides is 1. The van der Waals surface area contributed by atoms with Crippen molar-refractivity contribution in [1.82, 2.24) is 14.9 Å². The number of aromatic nitrogens is 2. The largest absolute Gasteiger partial charge is 0.463 e. The highest BCUT2D eigenvalue weighted by Crippen LogP contribution is 2.22. The number of nitrogens with one attached hydrogen (secondary N) is 1. The van der Waals surface area contributed by atoms with E-state index in [0.29, 0.717) is 12.8 Å². The van der Waals surface area contributed by atoms with Gasteiger partial charge >= 0.3 is 5.97 Å². The van der Waals surface area contributed by atoms with Crippen molar-refractivity contribution in [2.75, 3.05) is 6.54 Å². The fourth-order valence-electron chi connectivity index (χ4n) is 3.05. The zero-order valence-electron chi connectivity index (χ0n) is 16.2. The number of aryl methyl sites for hydroxylation is 1. The molecular formula is C22H25N3O3. The molecule has 0 spiro atoms. The molecule has 0 fully saturated rings. The number of nitrogens with zero attached hydrogens (tertiary/aromatic N) is 2. The number of rotatable bonds is 8. The lowest BCUT2D eigenvalue weighted by Gasteiger charge is -2.10. The van der Waals surface area contributed by atoms with Gasteiger partial charge < -0.3 is 10.1 Å². The van der Waals surface area contributed by atoms with Gasteiger partial charge in [-0.2, -0.15) is 0 Å². The van der Waals surface area contributed by atoms with Gasteiger partial charge in [-0.05, 0) is 38.1 Å². The summed E-state index contributed by atoms with van der Waals surface area (Å²) in [6, 6.07) is 17.9. The lowest BCUT2D eigenvalue weighted by Crippen LogP contribution is -2.27. The van der Waals surface area contributed by atoms with Gasteiger partial charge in [0.25, 0.3) is 0 Å². The number of benzene rings is 2. The van der Waals surface area contributed by atoms with Gasteiger partial charge in [0.1, 0.15) is 5.82 Å². The number of carbonyl (C=O) groups is 2. The van der Waals surface area contributed by atoms with Crippen LogP contribution >= 0.6 is 0 Å². The standard InChI is InChI=1S/C22H25N3O3/c1-16(2)28-22(27)14-15-23-21(26)13-12-20-24-18-10-6-7-11-19(18)25(20)17-8-4-3-5-9-17/h3-11,16H,12-15H2,1-2H3,(H,23,26). The van der Waals surface area contributed by atoms with E-state index in [4.69, 9.17) is 9.72 Å². The van der Waals surface area contributed by atoms with Gasteiger partial charge in [-0.3, -0.25) is 14.2 Å². The summed E-state index contributed by atoms with van der Waals surface area (Å²) in [5.74, 6) is 0.423. The molecule has 0 aliphatic rings. The number of ether oxygens (including phenoxy) is 1. The normalized spacial score (nSPS) is 11.0. The molecule has 0 saturated carbocycles. The highest BCUT2D eigenvalue weighted by molar-refractivity contribution is 5.79. The number of para-hydroxylation sites is 3. The van der Waals surface area contributed by atoms with Crippen molar-refractivity contribution in [3.63, 3.8) is 0 Å². The predicted molar refractivity (Wildman–Crippen MR) is 108 cm³/mol. The van der Waals surface area contributed by atoms with E-state index in [-0.39, 0.29) is 30.9 Å². The molecule has 1 aromatic heterocycles. The highest BCUT2D eigenvalue weighted by Gasteiger charge is 2.14. The van der Waals surface area contributed by atoms with Crippen molar-refractivity contribution >= 4 is 22.9 Å². The van der Waals surface area contributed by atoms with Crippen LogP contribution in [0.15, 0.2) is 54.6 Å². The van der Waals surface area contributed by atoms with Gasteiger partial charge in [0.15, 0.2) is 0 Å². The minimum absolute atomic E-state index is 0.107. The molecule has 0 radical (unpaired) electrons. The molecule has 2 aromatic carbocycles. The van der Waals surface area contributed by atoms with Crippen molar-refractivity contribution in [3.05, 3.63) is 60.4 Å². The maximum absolute atomic E-state index is 12.2. The summed E-state index contributed by atoms with van der Waals surface area (Å²) in [5, 5.41) is 2.77. The highest BCUT2D eigenvalue weighted by atomic mass is 16.5. The molecule has 1 N–H and O–H groups in total. The lowest BCUT2D eigenvalue weighted by molar-refractivity contribution is -0.147. The summed E-state index contributed by atoms with van der Waals surface area (Å²) in [6.45, 7) is 3.88. The Morgan fingerprint density at radius 3 is 2.50 bits per heavy atom. The molecule has 6 heteroatoms. The Hall–Kier alpha value is -3.15. The van der Waals surface area contributed by atoms with Gasteiger partial charge in [-0.15, -0.1) is 0 Å². The second-order valence-electron chi connectivity index (χ2n) is 6.83. The van der Waals surface area contributed by atoms with Crippen LogP contribution in [-0.4, -0.2) is 34.1 Å². The molecule has 0 aliphatic carbocycles. The van der Waals surface area contributed by atoms with E-state index in [1.54, 1.807) is 13.8 Å². The Morgan fingerprint density at radius 1 is 1.04 bits per heavy atom. The molecule has 3 aromatic rings. The first-order chi connectivity index (χ1) is 13.5. The van der Waals surface area contributed by atoms with Gasteiger partial charge in [-0.25, -0.2) is 4.98 Å². The average Bonchev–Trinajstić information content (AvgIpc) is 3.05. The number of carbonyl (C=O) groups excluding carboxylic acids is 2. The van der Waals surface area contributed by atoms with Crippen LogP contribution < -0.4 is 5.32 Å².